The number of nitrogens with zero attached hydrogens (tertiary/aromatic N) is 1. The predicted molar refractivity (Wildman–Crippen MR) is 57.9 cm³/mol. The predicted octanol–water partition coefficient (Wildman–Crippen LogP) is 2.67. The van der Waals surface area contributed by atoms with Gasteiger partial charge in [-0.3, -0.25) is 0 Å². The second kappa shape index (κ2) is 6.11. The van der Waals surface area contributed by atoms with E-state index in [1.54, 1.807) is 11.3 Å². The highest BCUT2D eigenvalue weighted by Crippen LogP contribution is 2.06. The Morgan fingerprint density at radius 3 is 2.77 bits per heavy atom. The van der Waals surface area contributed by atoms with Crippen LogP contribution in [0.4, 0.5) is 0 Å². The molecule has 1 rings (SSSR count). The fraction of sp³-hybridized carbons (Fsp3) is 0.700. The van der Waals surface area contributed by atoms with Crippen LogP contribution in [0, 0.1) is 5.92 Å². The first-order chi connectivity index (χ1) is 6.36. The average Bonchev–Trinajstić information content (AvgIpc) is 2.65. The van der Waals surface area contributed by atoms with Gasteiger partial charge in [0.2, 0.25) is 0 Å². The Kier molecular flexibility index (Phi) is 5.01. The molecule has 0 saturated carbocycles. The SMILES string of the molecule is CCC(CC)CNCc1cscn1. The standard InChI is InChI=1S/C10H18N2S/c1-3-9(4-2)5-11-6-10-7-13-8-12-10/h7-9,11H,3-6H2,1-2H3. The van der Waals surface area contributed by atoms with Gasteiger partial charge in [0, 0.05) is 11.9 Å². The van der Waals surface area contributed by atoms with Crippen LogP contribution in [0.5, 0.6) is 0 Å². The van der Waals surface area contributed by atoms with E-state index < -0.39 is 0 Å². The third-order valence-electron chi connectivity index (χ3n) is 2.38. The van der Waals surface area contributed by atoms with Gasteiger partial charge >= 0.3 is 0 Å². The van der Waals surface area contributed by atoms with Gasteiger partial charge in [-0.1, -0.05) is 26.7 Å². The Morgan fingerprint density at radius 2 is 2.23 bits per heavy atom. The molecule has 0 saturated heterocycles. The lowest BCUT2D eigenvalue weighted by atomic mass is 10.0. The zero-order chi connectivity index (χ0) is 9.52. The van der Waals surface area contributed by atoms with E-state index in [9.17, 15) is 0 Å². The van der Waals surface area contributed by atoms with Crippen LogP contribution >= 0.6 is 11.3 Å². The van der Waals surface area contributed by atoms with Crippen molar-refractivity contribution in [1.82, 2.24) is 10.3 Å². The molecular formula is C10H18N2S. The molecule has 1 heterocycles. The lowest BCUT2D eigenvalue weighted by Crippen LogP contribution is -2.21. The molecule has 2 nitrogen and oxygen atoms in total. The van der Waals surface area contributed by atoms with Gasteiger partial charge in [-0.25, -0.2) is 4.98 Å². The lowest BCUT2D eigenvalue weighted by molar-refractivity contribution is 0.448. The van der Waals surface area contributed by atoms with Gasteiger partial charge in [-0.05, 0) is 12.5 Å². The van der Waals surface area contributed by atoms with Crippen LogP contribution < -0.4 is 5.32 Å². The highest BCUT2D eigenvalue weighted by atomic mass is 32.1. The number of hydrogen-bond donors (Lipinski definition) is 1. The third-order valence-corrected chi connectivity index (χ3v) is 3.01. The quantitative estimate of drug-likeness (QED) is 0.760. The normalized spacial score (nSPS) is 11.0. The summed E-state index contributed by atoms with van der Waals surface area (Å²) in [7, 11) is 0. The van der Waals surface area contributed by atoms with Gasteiger partial charge in [-0.2, -0.15) is 0 Å². The zero-order valence-corrected chi connectivity index (χ0v) is 9.23. The van der Waals surface area contributed by atoms with Gasteiger partial charge in [0.15, 0.2) is 0 Å². The number of aromatic nitrogens is 1. The smallest absolute Gasteiger partial charge is 0.0795 e. The Labute approximate surface area is 84.4 Å². The van der Waals surface area contributed by atoms with Gasteiger partial charge in [-0.15, -0.1) is 11.3 Å². The van der Waals surface area contributed by atoms with Crippen LogP contribution in [-0.2, 0) is 6.54 Å². The zero-order valence-electron chi connectivity index (χ0n) is 8.42. The molecule has 0 spiro atoms. The van der Waals surface area contributed by atoms with Crippen molar-refractivity contribution in [3.05, 3.63) is 16.6 Å². The molecule has 0 amide bonds. The molecule has 0 aromatic carbocycles. The summed E-state index contributed by atoms with van der Waals surface area (Å²) < 4.78 is 0. The van der Waals surface area contributed by atoms with Crippen molar-refractivity contribution in [2.45, 2.75) is 33.2 Å². The van der Waals surface area contributed by atoms with Crippen molar-refractivity contribution < 1.29 is 0 Å². The van der Waals surface area contributed by atoms with E-state index in [1.165, 1.54) is 12.8 Å². The molecule has 1 N–H and O–H groups in total. The van der Waals surface area contributed by atoms with Crippen molar-refractivity contribution in [3.63, 3.8) is 0 Å². The van der Waals surface area contributed by atoms with Crippen LogP contribution in [0.2, 0.25) is 0 Å². The van der Waals surface area contributed by atoms with Crippen LogP contribution in [0.1, 0.15) is 32.4 Å². The molecule has 1 aromatic heterocycles. The first kappa shape index (κ1) is 10.7. The lowest BCUT2D eigenvalue weighted by Gasteiger charge is -2.12. The van der Waals surface area contributed by atoms with Gasteiger partial charge in [0.1, 0.15) is 0 Å². The van der Waals surface area contributed by atoms with Gasteiger partial charge in [0.05, 0.1) is 11.2 Å². The minimum Gasteiger partial charge on any atom is -0.311 e. The summed E-state index contributed by atoms with van der Waals surface area (Å²) in [6.45, 7) is 6.53. The molecule has 0 atom stereocenters. The van der Waals surface area contributed by atoms with E-state index >= 15 is 0 Å². The Bertz CT molecular complexity index is 205. The molecular weight excluding hydrogens is 180 g/mol. The fourth-order valence-corrected chi connectivity index (χ4v) is 1.86. The van der Waals surface area contributed by atoms with Gasteiger partial charge < -0.3 is 5.32 Å². The average molecular weight is 198 g/mol. The monoisotopic (exact) mass is 198 g/mol. The van der Waals surface area contributed by atoms with Crippen LogP contribution in [0.25, 0.3) is 0 Å². The maximum absolute atomic E-state index is 4.22. The summed E-state index contributed by atoms with van der Waals surface area (Å²) in [6, 6.07) is 0. The second-order valence-corrected chi connectivity index (χ2v) is 4.01. The molecule has 13 heavy (non-hydrogen) atoms. The number of nitrogens with one attached hydrogen (secondary N) is 1. The highest BCUT2D eigenvalue weighted by molar-refractivity contribution is 7.07. The summed E-state index contributed by atoms with van der Waals surface area (Å²) in [5.41, 5.74) is 3.05. The minimum absolute atomic E-state index is 0.818. The molecule has 0 bridgehead atoms. The molecule has 74 valence electrons. The molecule has 0 radical (unpaired) electrons. The molecule has 3 heteroatoms. The maximum Gasteiger partial charge on any atom is 0.0795 e. The summed E-state index contributed by atoms with van der Waals surface area (Å²) in [5, 5.41) is 5.53. The van der Waals surface area contributed by atoms with E-state index in [2.05, 4.69) is 29.5 Å². The molecule has 0 aliphatic rings. The summed E-state index contributed by atoms with van der Waals surface area (Å²) in [6.07, 6.45) is 2.53. The van der Waals surface area contributed by atoms with Crippen molar-refractivity contribution in [2.75, 3.05) is 6.54 Å². The van der Waals surface area contributed by atoms with E-state index in [4.69, 9.17) is 0 Å². The van der Waals surface area contributed by atoms with Crippen molar-refractivity contribution in [2.24, 2.45) is 5.92 Å². The third kappa shape index (κ3) is 3.87. The molecule has 0 aliphatic heterocycles. The number of hydrogen-bond acceptors (Lipinski definition) is 3. The minimum atomic E-state index is 0.818. The first-order valence-corrected chi connectivity index (χ1v) is 5.88. The fourth-order valence-electron chi connectivity index (χ4n) is 1.31. The largest absolute Gasteiger partial charge is 0.311 e. The van der Waals surface area contributed by atoms with E-state index in [1.807, 2.05) is 5.51 Å². The number of rotatable bonds is 6. The summed E-state index contributed by atoms with van der Waals surface area (Å²) in [5.74, 6) is 0.818. The van der Waals surface area contributed by atoms with Crippen LogP contribution in [0.3, 0.4) is 0 Å². The van der Waals surface area contributed by atoms with E-state index in [-0.39, 0.29) is 0 Å². The van der Waals surface area contributed by atoms with E-state index in [0.29, 0.717) is 0 Å². The highest BCUT2D eigenvalue weighted by Gasteiger charge is 2.02. The summed E-state index contributed by atoms with van der Waals surface area (Å²) >= 11 is 1.66. The van der Waals surface area contributed by atoms with Crippen LogP contribution in [-0.4, -0.2) is 11.5 Å². The molecule has 0 aliphatic carbocycles. The maximum atomic E-state index is 4.22. The van der Waals surface area contributed by atoms with Crippen molar-refractivity contribution in [1.29, 1.82) is 0 Å². The van der Waals surface area contributed by atoms with Crippen molar-refractivity contribution >= 4 is 11.3 Å². The van der Waals surface area contributed by atoms with E-state index in [0.717, 1.165) is 24.7 Å². The van der Waals surface area contributed by atoms with Crippen LogP contribution in [0.15, 0.2) is 10.9 Å². The Balaban J connectivity index is 2.13. The van der Waals surface area contributed by atoms with Gasteiger partial charge in [0.25, 0.3) is 0 Å². The first-order valence-electron chi connectivity index (χ1n) is 4.94. The number of thiazole rings is 1. The molecule has 0 fully saturated rings. The topological polar surface area (TPSA) is 24.9 Å². The Hall–Kier alpha value is -0.410. The summed E-state index contributed by atoms with van der Waals surface area (Å²) in [4.78, 5) is 4.22. The second-order valence-electron chi connectivity index (χ2n) is 3.29. The molecule has 0 unspecified atom stereocenters. The van der Waals surface area contributed by atoms with Crippen molar-refractivity contribution in [3.8, 4) is 0 Å². The Morgan fingerprint density at radius 1 is 1.46 bits per heavy atom. The molecule has 1 aromatic rings.